The van der Waals surface area contributed by atoms with Crippen molar-refractivity contribution < 1.29 is 4.79 Å². The van der Waals surface area contributed by atoms with Crippen LogP contribution < -0.4 is 10.6 Å². The molecule has 2 aromatic carbocycles. The molecule has 2 N–H and O–H groups in total. The summed E-state index contributed by atoms with van der Waals surface area (Å²) in [4.78, 5) is 13.3. The van der Waals surface area contributed by atoms with E-state index in [1.807, 2.05) is 38.1 Å². The number of carbonyl (C=O) groups excluding carboxylic acids is 1. The molecule has 0 aliphatic heterocycles. The highest BCUT2D eigenvalue weighted by Crippen LogP contribution is 2.29. The molecular formula is C19H14ClIN6OS2. The fourth-order valence-electron chi connectivity index (χ4n) is 2.72. The summed E-state index contributed by atoms with van der Waals surface area (Å²) < 4.78 is 2.62. The molecule has 0 atom stereocenters. The van der Waals surface area contributed by atoms with Gasteiger partial charge in [-0.1, -0.05) is 35.1 Å². The highest BCUT2D eigenvalue weighted by Gasteiger charge is 2.15. The van der Waals surface area contributed by atoms with E-state index in [0.29, 0.717) is 10.6 Å². The molecule has 7 nitrogen and oxygen atoms in total. The van der Waals surface area contributed by atoms with Crippen molar-refractivity contribution in [1.82, 2.24) is 25.1 Å². The van der Waals surface area contributed by atoms with Gasteiger partial charge in [0.1, 0.15) is 5.01 Å². The number of aryl methyl sites for hydroxylation is 2. The van der Waals surface area contributed by atoms with Crippen LogP contribution in [0.1, 0.15) is 21.7 Å². The third-order valence-corrected chi connectivity index (χ3v) is 6.43. The van der Waals surface area contributed by atoms with E-state index in [4.69, 9.17) is 23.8 Å². The second kappa shape index (κ2) is 8.53. The SMILES string of the molecule is Cc1ccc(-c2nn3c(C)nnc3s2)cc1NC(=S)NC(=O)c1cc(I)ccc1Cl. The fraction of sp³-hybridized carbons (Fsp3) is 0.105. The molecule has 0 aliphatic carbocycles. The molecule has 1 amide bonds. The van der Waals surface area contributed by atoms with Crippen LogP contribution in [-0.2, 0) is 0 Å². The standard InChI is InChI=1S/C19H14ClIN6OS2/c1-9-3-4-11(17-26-27-10(2)24-25-19(27)30-17)7-15(9)22-18(29)23-16(28)13-8-12(21)5-6-14(13)20/h3-8H,1-2H3,(H2,22,23,28,29). The van der Waals surface area contributed by atoms with Gasteiger partial charge in [-0.25, -0.2) is 0 Å². The Kier molecular flexibility index (Phi) is 6.00. The minimum Gasteiger partial charge on any atom is -0.332 e. The van der Waals surface area contributed by atoms with Crippen LogP contribution in [0.2, 0.25) is 5.02 Å². The van der Waals surface area contributed by atoms with Crippen molar-refractivity contribution in [2.45, 2.75) is 13.8 Å². The summed E-state index contributed by atoms with van der Waals surface area (Å²) in [7, 11) is 0. The largest absolute Gasteiger partial charge is 0.332 e. The molecule has 0 spiro atoms. The van der Waals surface area contributed by atoms with E-state index in [-0.39, 0.29) is 11.0 Å². The quantitative estimate of drug-likeness (QED) is 0.271. The fourth-order valence-corrected chi connectivity index (χ4v) is 4.50. The van der Waals surface area contributed by atoms with Gasteiger partial charge in [-0.3, -0.25) is 10.1 Å². The van der Waals surface area contributed by atoms with Crippen molar-refractivity contribution in [3.05, 3.63) is 61.9 Å². The molecule has 2 heterocycles. The number of thiocarbonyl (C=S) groups is 1. The Morgan fingerprint density at radius 2 is 2.00 bits per heavy atom. The minimum atomic E-state index is -0.367. The van der Waals surface area contributed by atoms with Gasteiger partial charge >= 0.3 is 0 Å². The Morgan fingerprint density at radius 1 is 1.20 bits per heavy atom. The molecule has 4 aromatic rings. The van der Waals surface area contributed by atoms with Gasteiger partial charge in [0.15, 0.2) is 10.9 Å². The normalized spacial score (nSPS) is 10.9. The number of carbonyl (C=O) groups is 1. The van der Waals surface area contributed by atoms with Gasteiger partial charge in [0.2, 0.25) is 4.96 Å². The van der Waals surface area contributed by atoms with Crippen LogP contribution in [0.4, 0.5) is 5.69 Å². The Morgan fingerprint density at radius 3 is 2.77 bits per heavy atom. The second-order valence-corrected chi connectivity index (χ2v) is 9.43. The Labute approximate surface area is 200 Å². The zero-order valence-corrected chi connectivity index (χ0v) is 20.3. The van der Waals surface area contributed by atoms with Gasteiger partial charge in [0.05, 0.1) is 10.6 Å². The number of aromatic nitrogens is 4. The predicted molar refractivity (Wildman–Crippen MR) is 131 cm³/mol. The van der Waals surface area contributed by atoms with Gasteiger partial charge in [-0.15, -0.1) is 10.2 Å². The van der Waals surface area contributed by atoms with Crippen LogP contribution >= 0.6 is 57.7 Å². The number of hydrogen-bond donors (Lipinski definition) is 2. The van der Waals surface area contributed by atoms with Crippen molar-refractivity contribution >= 4 is 79.4 Å². The molecule has 152 valence electrons. The van der Waals surface area contributed by atoms with Crippen LogP contribution in [0.3, 0.4) is 0 Å². The summed E-state index contributed by atoms with van der Waals surface area (Å²) in [6.45, 7) is 3.81. The van der Waals surface area contributed by atoms with E-state index in [0.717, 1.165) is 36.2 Å². The minimum absolute atomic E-state index is 0.184. The molecule has 0 aliphatic rings. The monoisotopic (exact) mass is 568 g/mol. The summed E-state index contributed by atoms with van der Waals surface area (Å²) in [5.74, 6) is 0.366. The zero-order chi connectivity index (χ0) is 21.4. The maximum atomic E-state index is 12.5. The molecule has 0 radical (unpaired) electrons. The van der Waals surface area contributed by atoms with Crippen LogP contribution in [0.25, 0.3) is 15.5 Å². The average Bonchev–Trinajstić information content (AvgIpc) is 3.27. The van der Waals surface area contributed by atoms with Gasteiger partial charge < -0.3 is 5.32 Å². The maximum Gasteiger partial charge on any atom is 0.258 e. The second-order valence-electron chi connectivity index (χ2n) is 6.41. The third-order valence-electron chi connectivity index (χ3n) is 4.28. The number of amides is 1. The third kappa shape index (κ3) is 4.31. The number of halogens is 2. The zero-order valence-electron chi connectivity index (χ0n) is 15.7. The Hall–Kier alpha value is -2.15. The molecule has 11 heteroatoms. The van der Waals surface area contributed by atoms with Gasteiger partial charge in [0.25, 0.3) is 5.91 Å². The van der Waals surface area contributed by atoms with E-state index in [1.165, 1.54) is 11.3 Å². The maximum absolute atomic E-state index is 12.5. The lowest BCUT2D eigenvalue weighted by atomic mass is 10.1. The first-order chi connectivity index (χ1) is 14.3. The first kappa shape index (κ1) is 21.1. The number of hydrogen-bond acceptors (Lipinski definition) is 6. The van der Waals surface area contributed by atoms with Crippen molar-refractivity contribution in [2.75, 3.05) is 5.32 Å². The Balaban J connectivity index is 1.54. The van der Waals surface area contributed by atoms with Gasteiger partial charge in [-0.05, 0) is 78.5 Å². The average molecular weight is 569 g/mol. The molecule has 0 saturated heterocycles. The van der Waals surface area contributed by atoms with Crippen LogP contribution in [0.15, 0.2) is 36.4 Å². The van der Waals surface area contributed by atoms with Gasteiger partial charge in [-0.2, -0.15) is 9.61 Å². The number of rotatable bonds is 3. The molecule has 2 aromatic heterocycles. The van der Waals surface area contributed by atoms with Crippen molar-refractivity contribution in [3.8, 4) is 10.6 Å². The molecular weight excluding hydrogens is 555 g/mol. The highest BCUT2D eigenvalue weighted by atomic mass is 127. The number of benzene rings is 2. The van der Waals surface area contributed by atoms with Gasteiger partial charge in [0, 0.05) is 14.8 Å². The predicted octanol–water partition coefficient (Wildman–Crippen LogP) is 4.85. The first-order valence-corrected chi connectivity index (χ1v) is 11.4. The molecule has 30 heavy (non-hydrogen) atoms. The van der Waals surface area contributed by atoms with Crippen LogP contribution in [-0.4, -0.2) is 30.8 Å². The topological polar surface area (TPSA) is 84.2 Å². The lowest BCUT2D eigenvalue weighted by Gasteiger charge is -2.13. The summed E-state index contributed by atoms with van der Waals surface area (Å²) in [6, 6.07) is 11.1. The summed E-state index contributed by atoms with van der Waals surface area (Å²) in [5, 5.41) is 19.8. The number of fused-ring (bicyclic) bond motifs is 1. The van der Waals surface area contributed by atoms with Crippen LogP contribution in [0.5, 0.6) is 0 Å². The lowest BCUT2D eigenvalue weighted by molar-refractivity contribution is 0.0978. The highest BCUT2D eigenvalue weighted by molar-refractivity contribution is 14.1. The molecule has 4 rings (SSSR count). The van der Waals surface area contributed by atoms with E-state index in [1.54, 1.807) is 16.6 Å². The number of nitrogens with zero attached hydrogens (tertiary/aromatic N) is 4. The summed E-state index contributed by atoms with van der Waals surface area (Å²) in [5.41, 5.74) is 3.03. The first-order valence-electron chi connectivity index (χ1n) is 8.69. The summed E-state index contributed by atoms with van der Waals surface area (Å²) in [6.07, 6.45) is 0. The van der Waals surface area contributed by atoms with E-state index in [9.17, 15) is 4.79 Å². The number of nitrogens with one attached hydrogen (secondary N) is 2. The Bertz CT molecular complexity index is 1300. The van der Waals surface area contributed by atoms with Crippen LogP contribution in [0, 0.1) is 17.4 Å². The molecule has 0 bridgehead atoms. The smallest absolute Gasteiger partial charge is 0.258 e. The van der Waals surface area contributed by atoms with E-state index in [2.05, 4.69) is 48.5 Å². The van der Waals surface area contributed by atoms with Crippen molar-refractivity contribution in [1.29, 1.82) is 0 Å². The molecule has 0 unspecified atom stereocenters. The molecule has 0 saturated carbocycles. The lowest BCUT2D eigenvalue weighted by Crippen LogP contribution is -2.34. The van der Waals surface area contributed by atoms with Crippen molar-refractivity contribution in [2.24, 2.45) is 0 Å². The van der Waals surface area contributed by atoms with E-state index < -0.39 is 0 Å². The van der Waals surface area contributed by atoms with Crippen molar-refractivity contribution in [3.63, 3.8) is 0 Å². The molecule has 0 fully saturated rings. The number of anilines is 1. The van der Waals surface area contributed by atoms with E-state index >= 15 is 0 Å². The summed E-state index contributed by atoms with van der Waals surface area (Å²) >= 11 is 15.1.